The largest absolute Gasteiger partial charge is 0.397 e. The molecule has 1 aliphatic carbocycles. The van der Waals surface area contributed by atoms with Gasteiger partial charge in [-0.3, -0.25) is 0 Å². The highest BCUT2D eigenvalue weighted by Crippen LogP contribution is 2.36. The van der Waals surface area contributed by atoms with Crippen LogP contribution in [-0.2, 0) is 4.74 Å². The van der Waals surface area contributed by atoms with E-state index >= 15 is 0 Å². The quantitative estimate of drug-likeness (QED) is 0.885. The summed E-state index contributed by atoms with van der Waals surface area (Å²) in [5, 5.41) is 0. The van der Waals surface area contributed by atoms with Crippen molar-refractivity contribution in [1.29, 1.82) is 0 Å². The molecule has 2 nitrogen and oxygen atoms in total. The third kappa shape index (κ3) is 2.62. The molecule has 0 saturated heterocycles. The molecule has 0 fully saturated rings. The third-order valence-corrected chi connectivity index (χ3v) is 2.99. The molecule has 0 bridgehead atoms. The second kappa shape index (κ2) is 5.36. The van der Waals surface area contributed by atoms with Crippen LogP contribution in [0.5, 0.6) is 0 Å². The lowest BCUT2D eigenvalue weighted by atomic mass is 9.92. The Morgan fingerprint density at radius 3 is 2.67 bits per heavy atom. The Kier molecular flexibility index (Phi) is 3.82. The van der Waals surface area contributed by atoms with Crippen LogP contribution in [0.25, 0.3) is 5.57 Å². The lowest BCUT2D eigenvalue weighted by Gasteiger charge is -2.29. The maximum absolute atomic E-state index is 14.6. The maximum Gasteiger partial charge on any atom is 0.253 e. The maximum atomic E-state index is 14.6. The van der Waals surface area contributed by atoms with Crippen LogP contribution in [0.2, 0.25) is 0 Å². The number of hydrogen-bond donors (Lipinski definition) is 1. The van der Waals surface area contributed by atoms with Crippen molar-refractivity contribution in [2.24, 2.45) is 5.73 Å². The van der Waals surface area contributed by atoms with Crippen molar-refractivity contribution in [2.45, 2.75) is 25.6 Å². The average molecular weight is 247 g/mol. The van der Waals surface area contributed by atoms with Crippen molar-refractivity contribution in [1.82, 2.24) is 0 Å². The highest BCUT2D eigenvalue weighted by atomic mass is 19.2. The molecular weight excluding hydrogens is 229 g/mol. The summed E-state index contributed by atoms with van der Waals surface area (Å²) in [6.45, 7) is 2.31. The molecule has 0 aromatic heterocycles. The summed E-state index contributed by atoms with van der Waals surface area (Å²) in [5.74, 6) is -1.87. The van der Waals surface area contributed by atoms with Crippen LogP contribution in [0, 0.1) is 0 Å². The topological polar surface area (TPSA) is 35.2 Å². The van der Waals surface area contributed by atoms with E-state index in [1.54, 1.807) is 6.08 Å². The van der Waals surface area contributed by atoms with Gasteiger partial charge in [-0.2, -0.15) is 0 Å². The summed E-state index contributed by atoms with van der Waals surface area (Å²) >= 11 is 0. The molecule has 2 rings (SSSR count). The Morgan fingerprint density at radius 1 is 1.28 bits per heavy atom. The monoisotopic (exact) mass is 247 g/mol. The molecule has 3 heteroatoms. The Hall–Kier alpha value is -1.61. The zero-order valence-electron chi connectivity index (χ0n) is 10.5. The van der Waals surface area contributed by atoms with Gasteiger partial charge in [0.2, 0.25) is 0 Å². The van der Waals surface area contributed by atoms with Crippen molar-refractivity contribution in [3.05, 3.63) is 53.7 Å². The number of allylic oxidation sites excluding steroid dienone is 2. The van der Waals surface area contributed by atoms with E-state index in [-0.39, 0.29) is 12.1 Å². The van der Waals surface area contributed by atoms with Gasteiger partial charge in [0.15, 0.2) is 0 Å². The second-order valence-corrected chi connectivity index (χ2v) is 4.43. The second-order valence-electron chi connectivity index (χ2n) is 4.43. The first-order chi connectivity index (χ1) is 8.65. The van der Waals surface area contributed by atoms with E-state index in [9.17, 15) is 4.39 Å². The molecule has 0 amide bonds. The van der Waals surface area contributed by atoms with Crippen molar-refractivity contribution in [3.8, 4) is 0 Å². The van der Waals surface area contributed by atoms with Crippen LogP contribution in [0.4, 0.5) is 4.39 Å². The Labute approximate surface area is 107 Å². The summed E-state index contributed by atoms with van der Waals surface area (Å²) < 4.78 is 19.9. The molecule has 1 atom stereocenters. The van der Waals surface area contributed by atoms with Gasteiger partial charge in [0.1, 0.15) is 0 Å². The van der Waals surface area contributed by atoms with Crippen molar-refractivity contribution >= 4 is 5.57 Å². The van der Waals surface area contributed by atoms with Crippen LogP contribution < -0.4 is 5.73 Å². The Bertz CT molecular complexity index is 467. The van der Waals surface area contributed by atoms with Gasteiger partial charge >= 0.3 is 0 Å². The summed E-state index contributed by atoms with van der Waals surface area (Å²) in [7, 11) is 0. The van der Waals surface area contributed by atoms with Crippen LogP contribution >= 0.6 is 0 Å². The molecule has 2 N–H and O–H groups in total. The number of ether oxygens (including phenoxy) is 1. The molecule has 1 aromatic carbocycles. The fraction of sp³-hybridized carbons (Fsp3) is 0.333. The van der Waals surface area contributed by atoms with E-state index in [1.807, 2.05) is 43.3 Å². The van der Waals surface area contributed by atoms with Gasteiger partial charge in [0.25, 0.3) is 5.85 Å². The van der Waals surface area contributed by atoms with Gasteiger partial charge in [0.05, 0.1) is 12.3 Å². The summed E-state index contributed by atoms with van der Waals surface area (Å²) in [5.41, 5.74) is 7.77. The summed E-state index contributed by atoms with van der Waals surface area (Å²) in [4.78, 5) is 0. The Balaban J connectivity index is 2.22. The van der Waals surface area contributed by atoms with Crippen molar-refractivity contribution in [2.75, 3.05) is 6.61 Å². The van der Waals surface area contributed by atoms with Crippen molar-refractivity contribution < 1.29 is 9.13 Å². The van der Waals surface area contributed by atoms with Crippen LogP contribution in [0.3, 0.4) is 0 Å². The molecule has 1 aliphatic rings. The first kappa shape index (κ1) is 12.8. The average Bonchev–Trinajstić information content (AvgIpc) is 2.41. The fourth-order valence-electron chi connectivity index (χ4n) is 1.97. The number of alkyl halides is 1. The zero-order valence-corrected chi connectivity index (χ0v) is 10.5. The first-order valence-corrected chi connectivity index (χ1v) is 6.21. The van der Waals surface area contributed by atoms with E-state index in [0.29, 0.717) is 6.61 Å². The van der Waals surface area contributed by atoms with Gasteiger partial charge < -0.3 is 10.5 Å². The highest BCUT2D eigenvalue weighted by Gasteiger charge is 2.36. The molecule has 0 spiro atoms. The minimum atomic E-state index is -1.87. The van der Waals surface area contributed by atoms with Gasteiger partial charge in [-0.25, -0.2) is 4.39 Å². The molecule has 1 aromatic rings. The van der Waals surface area contributed by atoms with E-state index < -0.39 is 5.85 Å². The number of rotatable bonds is 4. The normalized spacial score (nSPS) is 23.4. The van der Waals surface area contributed by atoms with E-state index in [0.717, 1.165) is 17.6 Å². The van der Waals surface area contributed by atoms with Gasteiger partial charge in [-0.15, -0.1) is 0 Å². The van der Waals surface area contributed by atoms with E-state index in [4.69, 9.17) is 10.5 Å². The molecule has 1 unspecified atom stereocenters. The summed E-state index contributed by atoms with van der Waals surface area (Å²) in [6.07, 6.45) is 4.39. The zero-order chi connectivity index (χ0) is 13.0. The predicted molar refractivity (Wildman–Crippen MR) is 71.4 cm³/mol. The number of halogens is 1. The predicted octanol–water partition coefficient (Wildman–Crippen LogP) is 3.41. The number of hydrogen-bond acceptors (Lipinski definition) is 2. The first-order valence-electron chi connectivity index (χ1n) is 6.21. The van der Waals surface area contributed by atoms with E-state index in [2.05, 4.69) is 0 Å². The van der Waals surface area contributed by atoms with Crippen LogP contribution in [0.15, 0.2) is 48.2 Å². The molecule has 0 saturated carbocycles. The molecule has 0 radical (unpaired) electrons. The minimum absolute atomic E-state index is 0.149. The van der Waals surface area contributed by atoms with Gasteiger partial charge in [-0.1, -0.05) is 43.3 Å². The lowest BCUT2D eigenvalue weighted by Crippen LogP contribution is -2.36. The van der Waals surface area contributed by atoms with Crippen LogP contribution in [0.1, 0.15) is 25.3 Å². The highest BCUT2D eigenvalue weighted by molar-refractivity contribution is 5.69. The minimum Gasteiger partial charge on any atom is -0.397 e. The lowest BCUT2D eigenvalue weighted by molar-refractivity contribution is -0.112. The fourth-order valence-corrected chi connectivity index (χ4v) is 1.97. The molecule has 96 valence electrons. The molecular formula is C15H18FNO. The third-order valence-electron chi connectivity index (χ3n) is 2.99. The molecule has 18 heavy (non-hydrogen) atoms. The van der Waals surface area contributed by atoms with Crippen LogP contribution in [-0.4, -0.2) is 12.5 Å². The SMILES string of the molecule is CCCOC1(F)CC(c2ccccc2)=CC=C1N. The van der Waals surface area contributed by atoms with Crippen molar-refractivity contribution in [3.63, 3.8) is 0 Å². The number of benzene rings is 1. The van der Waals surface area contributed by atoms with Gasteiger partial charge in [0, 0.05) is 6.42 Å². The van der Waals surface area contributed by atoms with E-state index in [1.165, 1.54) is 0 Å². The molecule has 0 aliphatic heterocycles. The summed E-state index contributed by atoms with van der Waals surface area (Å²) in [6, 6.07) is 9.73. The standard InChI is InChI=1S/C15H18FNO/c1-2-10-18-15(16)11-13(8-9-14(15)17)12-6-4-3-5-7-12/h3-9H,2,10-11,17H2,1H3. The molecule has 0 heterocycles. The number of nitrogens with two attached hydrogens (primary N) is 1. The smallest absolute Gasteiger partial charge is 0.253 e. The Morgan fingerprint density at radius 2 is 2.00 bits per heavy atom. The van der Waals surface area contributed by atoms with Gasteiger partial charge in [-0.05, 0) is 23.6 Å².